The maximum atomic E-state index is 12.8. The number of aromatic nitrogens is 3. The number of rotatable bonds is 2. The van der Waals surface area contributed by atoms with Crippen molar-refractivity contribution in [3.63, 3.8) is 0 Å². The molecule has 122 valence electrons. The van der Waals surface area contributed by atoms with E-state index in [0.717, 1.165) is 6.54 Å². The third-order valence-electron chi connectivity index (χ3n) is 4.07. The highest BCUT2D eigenvalue weighted by molar-refractivity contribution is 6.33. The highest BCUT2D eigenvalue weighted by atomic mass is 35.5. The van der Waals surface area contributed by atoms with Gasteiger partial charge in [0.1, 0.15) is 6.04 Å². The summed E-state index contributed by atoms with van der Waals surface area (Å²) in [5.41, 5.74) is 1.09. The second-order valence-electron chi connectivity index (χ2n) is 5.68. The summed E-state index contributed by atoms with van der Waals surface area (Å²) in [6.07, 6.45) is 1.60. The van der Waals surface area contributed by atoms with Crippen molar-refractivity contribution in [3.8, 4) is 0 Å². The number of carbonyl (C=O) groups is 1. The Morgan fingerprint density at radius 2 is 2.17 bits per heavy atom. The highest BCUT2D eigenvalue weighted by Gasteiger charge is 2.33. The molecule has 1 unspecified atom stereocenters. The number of aryl methyl sites for hydroxylation is 2. The van der Waals surface area contributed by atoms with Gasteiger partial charge >= 0.3 is 0 Å². The van der Waals surface area contributed by atoms with Gasteiger partial charge in [0.2, 0.25) is 5.89 Å². The average molecular weight is 336 g/mol. The van der Waals surface area contributed by atoms with E-state index in [4.69, 9.17) is 16.1 Å². The third-order valence-corrected chi connectivity index (χ3v) is 4.38. The van der Waals surface area contributed by atoms with Crippen LogP contribution in [0.15, 0.2) is 16.8 Å². The lowest BCUT2D eigenvalue weighted by atomic mass is 10.1. The summed E-state index contributed by atoms with van der Waals surface area (Å²) in [5, 5.41) is 4.26. The Kier molecular flexibility index (Phi) is 4.32. The Labute approximate surface area is 139 Å². The summed E-state index contributed by atoms with van der Waals surface area (Å²) in [7, 11) is 1.98. The van der Waals surface area contributed by atoms with E-state index in [2.05, 4.69) is 20.0 Å². The smallest absolute Gasteiger partial charge is 0.257 e. The van der Waals surface area contributed by atoms with Crippen molar-refractivity contribution in [1.29, 1.82) is 0 Å². The quantitative estimate of drug-likeness (QED) is 0.834. The van der Waals surface area contributed by atoms with E-state index in [0.29, 0.717) is 41.1 Å². The molecule has 1 fully saturated rings. The first-order valence-electron chi connectivity index (χ1n) is 7.38. The Bertz CT molecular complexity index is 712. The average Bonchev–Trinajstić information content (AvgIpc) is 2.93. The first-order valence-corrected chi connectivity index (χ1v) is 7.76. The molecule has 2 aromatic heterocycles. The van der Waals surface area contributed by atoms with Crippen molar-refractivity contribution in [2.75, 3.05) is 26.7 Å². The number of nitrogens with zero attached hydrogens (tertiary/aromatic N) is 5. The fourth-order valence-electron chi connectivity index (χ4n) is 2.72. The van der Waals surface area contributed by atoms with E-state index >= 15 is 0 Å². The van der Waals surface area contributed by atoms with E-state index in [9.17, 15) is 4.79 Å². The molecule has 2 aromatic rings. The van der Waals surface area contributed by atoms with Crippen LogP contribution in [0.1, 0.15) is 33.8 Å². The lowest BCUT2D eigenvalue weighted by molar-refractivity contribution is 0.0488. The third kappa shape index (κ3) is 3.07. The summed E-state index contributed by atoms with van der Waals surface area (Å²) in [4.78, 5) is 25.2. The van der Waals surface area contributed by atoms with Crippen LogP contribution in [-0.4, -0.2) is 57.5 Å². The first kappa shape index (κ1) is 15.9. The van der Waals surface area contributed by atoms with Crippen molar-refractivity contribution in [3.05, 3.63) is 40.3 Å². The number of likely N-dealkylation sites (N-methyl/N-ethyl adjacent to an activating group) is 1. The summed E-state index contributed by atoms with van der Waals surface area (Å²) in [6.45, 7) is 5.37. The predicted octanol–water partition coefficient (Wildman–Crippen LogP) is 1.86. The van der Waals surface area contributed by atoms with Gasteiger partial charge in [0.25, 0.3) is 5.91 Å². The summed E-state index contributed by atoms with van der Waals surface area (Å²) < 4.78 is 5.28. The van der Waals surface area contributed by atoms with Crippen LogP contribution in [0.5, 0.6) is 0 Å². The minimum absolute atomic E-state index is 0.116. The van der Waals surface area contributed by atoms with Gasteiger partial charge in [0, 0.05) is 25.8 Å². The van der Waals surface area contributed by atoms with Gasteiger partial charge in [-0.1, -0.05) is 16.8 Å². The molecule has 0 bridgehead atoms. The van der Waals surface area contributed by atoms with Gasteiger partial charge in [-0.3, -0.25) is 14.7 Å². The number of hydrogen-bond acceptors (Lipinski definition) is 6. The molecule has 1 aliphatic heterocycles. The van der Waals surface area contributed by atoms with Gasteiger partial charge in [0.05, 0.1) is 16.3 Å². The van der Waals surface area contributed by atoms with Crippen molar-refractivity contribution >= 4 is 17.5 Å². The molecule has 0 aromatic carbocycles. The summed E-state index contributed by atoms with van der Waals surface area (Å²) in [5.74, 6) is 0.995. The van der Waals surface area contributed by atoms with Crippen molar-refractivity contribution < 1.29 is 9.32 Å². The zero-order chi connectivity index (χ0) is 16.6. The zero-order valence-electron chi connectivity index (χ0n) is 13.3. The fraction of sp³-hybridized carbons (Fsp3) is 0.467. The van der Waals surface area contributed by atoms with Gasteiger partial charge in [0.15, 0.2) is 5.82 Å². The standard InChI is InChI=1S/C15H18ClN5O2/c1-9-13(11(16)4-5-17-9)15(22)21-7-6-20(3)12(8-21)14-18-10(2)19-23-14/h4-5,12H,6-8H2,1-3H3. The molecule has 0 N–H and O–H groups in total. The Morgan fingerprint density at radius 1 is 1.39 bits per heavy atom. The fourth-order valence-corrected chi connectivity index (χ4v) is 3.00. The van der Waals surface area contributed by atoms with Crippen molar-refractivity contribution in [2.45, 2.75) is 19.9 Å². The lowest BCUT2D eigenvalue weighted by Gasteiger charge is -2.37. The lowest BCUT2D eigenvalue weighted by Crippen LogP contribution is -2.49. The van der Waals surface area contributed by atoms with Gasteiger partial charge in [-0.2, -0.15) is 4.98 Å². The Hall–Kier alpha value is -1.99. The Balaban J connectivity index is 1.85. The molecule has 7 nitrogen and oxygen atoms in total. The second kappa shape index (κ2) is 6.25. The summed E-state index contributed by atoms with van der Waals surface area (Å²) >= 11 is 6.19. The number of pyridine rings is 1. The van der Waals surface area contributed by atoms with E-state index < -0.39 is 0 Å². The van der Waals surface area contributed by atoms with Crippen LogP contribution in [0.2, 0.25) is 5.02 Å². The van der Waals surface area contributed by atoms with Gasteiger partial charge in [-0.25, -0.2) is 0 Å². The molecular weight excluding hydrogens is 318 g/mol. The molecule has 0 aliphatic carbocycles. The molecule has 0 saturated carbocycles. The summed E-state index contributed by atoms with van der Waals surface area (Å²) in [6, 6.07) is 1.51. The first-order chi connectivity index (χ1) is 11.0. The molecule has 1 atom stereocenters. The maximum Gasteiger partial charge on any atom is 0.257 e. The van der Waals surface area contributed by atoms with Gasteiger partial charge in [-0.15, -0.1) is 0 Å². The number of piperazine rings is 1. The SMILES string of the molecule is Cc1noc(C2CN(C(=O)c3c(Cl)ccnc3C)CCN2C)n1. The topological polar surface area (TPSA) is 75.4 Å². The van der Waals surface area contributed by atoms with E-state index in [1.54, 1.807) is 31.0 Å². The molecule has 1 saturated heterocycles. The maximum absolute atomic E-state index is 12.8. The molecule has 0 radical (unpaired) electrons. The molecule has 3 rings (SSSR count). The molecule has 3 heterocycles. The molecule has 0 spiro atoms. The molecular formula is C15H18ClN5O2. The highest BCUT2D eigenvalue weighted by Crippen LogP contribution is 2.26. The number of hydrogen-bond donors (Lipinski definition) is 0. The van der Waals surface area contributed by atoms with Crippen molar-refractivity contribution in [2.24, 2.45) is 0 Å². The van der Waals surface area contributed by atoms with Crippen LogP contribution < -0.4 is 0 Å². The van der Waals surface area contributed by atoms with Crippen LogP contribution in [0.4, 0.5) is 0 Å². The predicted molar refractivity (Wildman–Crippen MR) is 84.3 cm³/mol. The van der Waals surface area contributed by atoms with Crippen LogP contribution in [0.3, 0.4) is 0 Å². The minimum atomic E-state index is -0.121. The molecule has 1 amide bonds. The second-order valence-corrected chi connectivity index (χ2v) is 6.09. The van der Waals surface area contributed by atoms with Crippen LogP contribution in [0.25, 0.3) is 0 Å². The minimum Gasteiger partial charge on any atom is -0.338 e. The normalized spacial score (nSPS) is 19.1. The van der Waals surface area contributed by atoms with Crippen LogP contribution in [-0.2, 0) is 0 Å². The van der Waals surface area contributed by atoms with Crippen LogP contribution >= 0.6 is 11.6 Å². The van der Waals surface area contributed by atoms with E-state index in [-0.39, 0.29) is 11.9 Å². The van der Waals surface area contributed by atoms with Crippen LogP contribution in [0, 0.1) is 13.8 Å². The molecule has 1 aliphatic rings. The number of carbonyl (C=O) groups excluding carboxylic acids is 1. The number of amides is 1. The molecule has 23 heavy (non-hydrogen) atoms. The Morgan fingerprint density at radius 3 is 2.83 bits per heavy atom. The van der Waals surface area contributed by atoms with Crippen molar-refractivity contribution in [1.82, 2.24) is 24.9 Å². The van der Waals surface area contributed by atoms with E-state index in [1.165, 1.54) is 0 Å². The zero-order valence-corrected chi connectivity index (χ0v) is 14.0. The monoisotopic (exact) mass is 335 g/mol. The van der Waals surface area contributed by atoms with E-state index in [1.807, 2.05) is 7.05 Å². The number of halogens is 1. The van der Waals surface area contributed by atoms with Gasteiger partial charge < -0.3 is 9.42 Å². The van der Waals surface area contributed by atoms with Gasteiger partial charge in [-0.05, 0) is 27.0 Å². The molecule has 8 heteroatoms. The largest absolute Gasteiger partial charge is 0.338 e.